The Morgan fingerprint density at radius 2 is 1.85 bits per heavy atom. The molecule has 1 fully saturated rings. The number of nitrogens with zero attached hydrogens (tertiary/aromatic N) is 1. The molecule has 1 aliphatic heterocycles. The Morgan fingerprint density at radius 1 is 1.25 bits per heavy atom. The molecule has 0 bridgehead atoms. The summed E-state index contributed by atoms with van der Waals surface area (Å²) in [5.41, 5.74) is 0.813. The summed E-state index contributed by atoms with van der Waals surface area (Å²) in [6, 6.07) is 6.59. The highest BCUT2D eigenvalue weighted by molar-refractivity contribution is 5.85. The average Bonchev–Trinajstić information content (AvgIpc) is 2.94. The van der Waals surface area contributed by atoms with E-state index >= 15 is 0 Å². The van der Waals surface area contributed by atoms with Gasteiger partial charge in [0.1, 0.15) is 5.75 Å². The Bertz CT molecular complexity index is 478. The highest BCUT2D eigenvalue weighted by Gasteiger charge is 2.27. The van der Waals surface area contributed by atoms with Crippen LogP contribution in [-0.2, 0) is 9.59 Å². The molecule has 2 rings (SSSR count). The van der Waals surface area contributed by atoms with Crippen LogP contribution in [0, 0.1) is 0 Å². The van der Waals surface area contributed by atoms with E-state index in [2.05, 4.69) is 5.32 Å². The van der Waals surface area contributed by atoms with Gasteiger partial charge in [-0.05, 0) is 30.5 Å². The molecule has 5 nitrogen and oxygen atoms in total. The maximum absolute atomic E-state index is 12.6. The fourth-order valence-electron chi connectivity index (χ4n) is 2.46. The van der Waals surface area contributed by atoms with Crippen molar-refractivity contribution in [2.45, 2.75) is 25.7 Å². The van der Waals surface area contributed by atoms with Crippen molar-refractivity contribution in [3.63, 3.8) is 0 Å². The normalized spacial score (nSPS) is 15.9. The summed E-state index contributed by atoms with van der Waals surface area (Å²) in [5, 5.41) is 12.1. The number of phenolic OH excluding ortho intramolecular Hbond substituents is 1. The van der Waals surface area contributed by atoms with Gasteiger partial charge in [-0.1, -0.05) is 12.1 Å². The number of nitrogens with one attached hydrogen (secondary N) is 1. The van der Waals surface area contributed by atoms with Gasteiger partial charge in [-0.3, -0.25) is 9.59 Å². The van der Waals surface area contributed by atoms with Crippen molar-refractivity contribution < 1.29 is 14.7 Å². The van der Waals surface area contributed by atoms with Crippen LogP contribution in [0.4, 0.5) is 0 Å². The highest BCUT2D eigenvalue weighted by Crippen LogP contribution is 2.22. The van der Waals surface area contributed by atoms with Crippen LogP contribution in [-0.4, -0.2) is 41.5 Å². The van der Waals surface area contributed by atoms with Gasteiger partial charge in [0.2, 0.25) is 11.8 Å². The third-order valence-electron chi connectivity index (χ3n) is 3.57. The summed E-state index contributed by atoms with van der Waals surface area (Å²) in [6.45, 7) is 3.30. The second-order valence-corrected chi connectivity index (χ2v) is 5.11. The third-order valence-corrected chi connectivity index (χ3v) is 3.57. The minimum absolute atomic E-state index is 0.0435. The fraction of sp³-hybridized carbons (Fsp3) is 0.467. The van der Waals surface area contributed by atoms with Crippen molar-refractivity contribution in [3.05, 3.63) is 29.8 Å². The van der Waals surface area contributed by atoms with Gasteiger partial charge < -0.3 is 15.3 Å². The first-order valence-corrected chi connectivity index (χ1v) is 6.90. The molecule has 0 spiro atoms. The van der Waals surface area contributed by atoms with Gasteiger partial charge >= 0.3 is 0 Å². The lowest BCUT2D eigenvalue weighted by Gasteiger charge is -2.23. The Morgan fingerprint density at radius 3 is 2.40 bits per heavy atom. The van der Waals surface area contributed by atoms with E-state index in [4.69, 9.17) is 0 Å². The van der Waals surface area contributed by atoms with E-state index in [0.717, 1.165) is 31.5 Å². The third kappa shape index (κ3) is 3.50. The summed E-state index contributed by atoms with van der Waals surface area (Å²) < 4.78 is 0. The largest absolute Gasteiger partial charge is 0.508 e. The first kappa shape index (κ1) is 14.4. The molecule has 1 aromatic carbocycles. The number of likely N-dealkylation sites (tertiary alicyclic amines) is 1. The second-order valence-electron chi connectivity index (χ2n) is 5.11. The Labute approximate surface area is 118 Å². The summed E-state index contributed by atoms with van der Waals surface area (Å²) in [5.74, 6) is -0.330. The molecule has 1 unspecified atom stereocenters. The Kier molecular flexibility index (Phi) is 4.61. The predicted molar refractivity (Wildman–Crippen MR) is 75.3 cm³/mol. The van der Waals surface area contributed by atoms with E-state index in [1.54, 1.807) is 24.3 Å². The Balaban J connectivity index is 2.16. The standard InChI is InChI=1S/C15H20N2O3/c1-11(18)16-10-14(12-4-6-13(19)7-5-12)15(20)17-8-2-3-9-17/h4-7,14,19H,2-3,8-10H2,1H3,(H,16,18). The minimum atomic E-state index is -0.391. The van der Waals surface area contributed by atoms with Crippen LogP contribution < -0.4 is 5.32 Å². The van der Waals surface area contributed by atoms with Crippen LogP contribution in [0.25, 0.3) is 0 Å². The molecule has 1 saturated heterocycles. The number of hydrogen-bond acceptors (Lipinski definition) is 3. The van der Waals surface area contributed by atoms with E-state index in [1.165, 1.54) is 6.92 Å². The molecule has 0 radical (unpaired) electrons. The lowest BCUT2D eigenvalue weighted by atomic mass is 9.97. The lowest BCUT2D eigenvalue weighted by molar-refractivity contribution is -0.131. The monoisotopic (exact) mass is 276 g/mol. The number of hydrogen-bond donors (Lipinski definition) is 2. The van der Waals surface area contributed by atoms with Crippen LogP contribution in [0.1, 0.15) is 31.2 Å². The van der Waals surface area contributed by atoms with Crippen molar-refractivity contribution in [3.8, 4) is 5.75 Å². The van der Waals surface area contributed by atoms with Gasteiger partial charge in [-0.25, -0.2) is 0 Å². The molecule has 2 N–H and O–H groups in total. The van der Waals surface area contributed by atoms with Crippen molar-refractivity contribution in [1.29, 1.82) is 0 Å². The summed E-state index contributed by atoms with van der Waals surface area (Å²) >= 11 is 0. The van der Waals surface area contributed by atoms with E-state index in [1.807, 2.05) is 4.90 Å². The second kappa shape index (κ2) is 6.41. The van der Waals surface area contributed by atoms with Crippen molar-refractivity contribution in [2.75, 3.05) is 19.6 Å². The molecule has 5 heteroatoms. The number of aromatic hydroxyl groups is 1. The maximum atomic E-state index is 12.6. The molecule has 1 heterocycles. The van der Waals surface area contributed by atoms with Gasteiger partial charge in [0.15, 0.2) is 0 Å². The van der Waals surface area contributed by atoms with Crippen LogP contribution in [0.2, 0.25) is 0 Å². The summed E-state index contributed by atoms with van der Waals surface area (Å²) in [4.78, 5) is 25.5. The quantitative estimate of drug-likeness (QED) is 0.869. The number of benzene rings is 1. The smallest absolute Gasteiger partial charge is 0.231 e. The number of phenols is 1. The fourth-order valence-corrected chi connectivity index (χ4v) is 2.46. The van der Waals surface area contributed by atoms with Gasteiger partial charge in [0.25, 0.3) is 0 Å². The minimum Gasteiger partial charge on any atom is -0.508 e. The lowest BCUT2D eigenvalue weighted by Crippen LogP contribution is -2.38. The van der Waals surface area contributed by atoms with E-state index in [9.17, 15) is 14.7 Å². The maximum Gasteiger partial charge on any atom is 0.231 e. The molecule has 1 aliphatic rings. The van der Waals surface area contributed by atoms with Crippen molar-refractivity contribution in [2.24, 2.45) is 0 Å². The molecule has 1 atom stereocenters. The van der Waals surface area contributed by atoms with E-state index < -0.39 is 5.92 Å². The van der Waals surface area contributed by atoms with Crippen molar-refractivity contribution >= 4 is 11.8 Å². The average molecular weight is 276 g/mol. The predicted octanol–water partition coefficient (Wildman–Crippen LogP) is 1.23. The summed E-state index contributed by atoms with van der Waals surface area (Å²) in [6.07, 6.45) is 2.07. The first-order chi connectivity index (χ1) is 9.58. The van der Waals surface area contributed by atoms with Gasteiger partial charge in [-0.15, -0.1) is 0 Å². The molecular formula is C15H20N2O3. The van der Waals surface area contributed by atoms with Crippen LogP contribution in [0.5, 0.6) is 5.75 Å². The highest BCUT2D eigenvalue weighted by atomic mass is 16.3. The molecule has 20 heavy (non-hydrogen) atoms. The van der Waals surface area contributed by atoms with Crippen LogP contribution in [0.3, 0.4) is 0 Å². The van der Waals surface area contributed by atoms with Gasteiger partial charge in [-0.2, -0.15) is 0 Å². The first-order valence-electron chi connectivity index (χ1n) is 6.90. The number of rotatable bonds is 4. The van der Waals surface area contributed by atoms with Crippen LogP contribution in [0.15, 0.2) is 24.3 Å². The Hall–Kier alpha value is -2.04. The van der Waals surface area contributed by atoms with Gasteiger partial charge in [0, 0.05) is 26.6 Å². The zero-order chi connectivity index (χ0) is 14.5. The van der Waals surface area contributed by atoms with E-state index in [-0.39, 0.29) is 24.1 Å². The zero-order valence-corrected chi connectivity index (χ0v) is 11.6. The van der Waals surface area contributed by atoms with Crippen LogP contribution >= 0.6 is 0 Å². The molecule has 108 valence electrons. The molecule has 0 saturated carbocycles. The number of carbonyl (C=O) groups is 2. The molecule has 2 amide bonds. The topological polar surface area (TPSA) is 69.6 Å². The molecule has 0 aromatic heterocycles. The van der Waals surface area contributed by atoms with Gasteiger partial charge in [0.05, 0.1) is 5.92 Å². The zero-order valence-electron chi connectivity index (χ0n) is 11.6. The SMILES string of the molecule is CC(=O)NCC(C(=O)N1CCCC1)c1ccc(O)cc1. The summed E-state index contributed by atoms with van der Waals surface area (Å²) in [7, 11) is 0. The number of amides is 2. The molecule has 1 aromatic rings. The van der Waals surface area contributed by atoms with E-state index in [0.29, 0.717) is 0 Å². The molecule has 0 aliphatic carbocycles. The number of carbonyl (C=O) groups excluding carboxylic acids is 2. The molecular weight excluding hydrogens is 256 g/mol. The van der Waals surface area contributed by atoms with Crippen molar-refractivity contribution in [1.82, 2.24) is 10.2 Å².